The van der Waals surface area contributed by atoms with Gasteiger partial charge in [0.15, 0.2) is 5.65 Å². The van der Waals surface area contributed by atoms with Crippen molar-refractivity contribution in [3.63, 3.8) is 0 Å². The van der Waals surface area contributed by atoms with Gasteiger partial charge in [0.2, 0.25) is 5.91 Å². The smallest absolute Gasteiger partial charge is 0.534 e. The van der Waals surface area contributed by atoms with Gasteiger partial charge in [-0.25, -0.2) is 14.3 Å². The molecule has 40 heavy (non-hydrogen) atoms. The minimum Gasteiger partial charge on any atom is -0.534 e. The second kappa shape index (κ2) is 10.5. The molecule has 0 saturated heterocycles. The molecule has 2 aromatic heterocycles. The van der Waals surface area contributed by atoms with Gasteiger partial charge in [-0.15, -0.1) is 0 Å². The molecule has 2 amide bonds. The van der Waals surface area contributed by atoms with Crippen molar-refractivity contribution in [3.05, 3.63) is 89.4 Å². The third-order valence-electron chi connectivity index (χ3n) is 6.29. The monoisotopic (exact) mass is 565 g/mol. The zero-order valence-electron chi connectivity index (χ0n) is 20.4. The molecule has 0 fully saturated rings. The van der Waals surface area contributed by atoms with Crippen molar-refractivity contribution in [2.75, 3.05) is 0 Å². The molecule has 0 spiro atoms. The molecule has 14 nitrogen and oxygen atoms in total. The highest BCUT2D eigenvalue weighted by atomic mass is 31.2. The van der Waals surface area contributed by atoms with Crippen LogP contribution in [0, 0.1) is 0 Å². The topological polar surface area (TPSA) is 213 Å². The number of hydrogen-bond acceptors (Lipinski definition) is 8. The number of fused-ring (bicyclic) bond motifs is 2. The highest BCUT2D eigenvalue weighted by Gasteiger charge is 2.39. The Labute approximate surface area is 225 Å². The Morgan fingerprint density at radius 2 is 1.88 bits per heavy atom. The number of benzene rings is 2. The van der Waals surface area contributed by atoms with E-state index < -0.39 is 44.5 Å². The number of aromatic nitrogens is 3. The third-order valence-corrected chi connectivity index (χ3v) is 7.26. The van der Waals surface area contributed by atoms with E-state index in [-0.39, 0.29) is 34.2 Å². The number of rotatable bonds is 7. The lowest BCUT2D eigenvalue weighted by Gasteiger charge is -2.30. The zero-order valence-corrected chi connectivity index (χ0v) is 21.3. The molecule has 0 aliphatic carbocycles. The number of carbonyl (C=O) groups is 3. The molecule has 1 unspecified atom stereocenters. The number of carbonyl (C=O) groups excluding carboxylic acids is 2. The number of nitrogens with one attached hydrogen (secondary N) is 2. The van der Waals surface area contributed by atoms with E-state index in [4.69, 9.17) is 4.65 Å². The standard InChI is InChI=1S/C24H21BN5O9P/c31-22(15-11-26-19-8-9-27-30(19)12-15)29-20(13-4-6-16(7-5-13)40(36,37)38)23(32)28-18-10-14-2-1-3-17(24(33)34)21(14)39-25(18)35/h1-9,11-12,18,20,35H,10H2,(H,28,32)(H,29,31)(H,33,34)(H2,36,37,38)/t18-,20?/m0/s1. The summed E-state index contributed by atoms with van der Waals surface area (Å²) in [5, 5.41) is 28.9. The fourth-order valence-corrected chi connectivity index (χ4v) is 4.82. The van der Waals surface area contributed by atoms with Crippen molar-refractivity contribution in [2.45, 2.75) is 18.4 Å². The molecule has 204 valence electrons. The van der Waals surface area contributed by atoms with Gasteiger partial charge in [0.05, 0.1) is 28.6 Å². The number of aromatic carboxylic acids is 1. The Balaban J connectivity index is 1.42. The fraction of sp³-hybridized carbons (Fsp3) is 0.125. The lowest BCUT2D eigenvalue weighted by molar-refractivity contribution is -0.123. The molecule has 1 aliphatic rings. The summed E-state index contributed by atoms with van der Waals surface area (Å²) in [7, 11) is -6.16. The van der Waals surface area contributed by atoms with Gasteiger partial charge in [-0.2, -0.15) is 5.10 Å². The van der Waals surface area contributed by atoms with Crippen LogP contribution in [0.5, 0.6) is 5.75 Å². The summed E-state index contributed by atoms with van der Waals surface area (Å²) in [5.41, 5.74) is 1.07. The normalized spacial score (nSPS) is 15.6. The van der Waals surface area contributed by atoms with Crippen LogP contribution in [0.2, 0.25) is 0 Å². The van der Waals surface area contributed by atoms with Crippen molar-refractivity contribution >= 4 is 43.4 Å². The molecule has 1 aliphatic heterocycles. The number of carboxylic acids is 1. The predicted octanol–water partition coefficient (Wildman–Crippen LogP) is -0.159. The first kappa shape index (κ1) is 27.0. The van der Waals surface area contributed by atoms with Crippen molar-refractivity contribution in [1.82, 2.24) is 25.2 Å². The number of hydrogen-bond donors (Lipinski definition) is 6. The van der Waals surface area contributed by atoms with E-state index in [1.807, 2.05) is 0 Å². The summed E-state index contributed by atoms with van der Waals surface area (Å²) >= 11 is 0. The first-order valence-corrected chi connectivity index (χ1v) is 13.4. The van der Waals surface area contributed by atoms with Crippen LogP contribution in [0.15, 0.2) is 67.1 Å². The SMILES string of the molecule is O=C(NC(C(=O)N[C@H]1Cc2cccc(C(=O)O)c2OB1O)c1ccc(P(=O)(O)O)cc1)c1cnc2ccnn2c1. The molecule has 2 atom stereocenters. The summed E-state index contributed by atoms with van der Waals surface area (Å²) in [5.74, 6) is -3.72. The average molecular weight is 565 g/mol. The van der Waals surface area contributed by atoms with Gasteiger partial charge < -0.3 is 35.2 Å². The van der Waals surface area contributed by atoms with E-state index in [1.165, 1.54) is 47.4 Å². The Morgan fingerprint density at radius 1 is 1.12 bits per heavy atom. The number of amides is 2. The lowest BCUT2D eigenvalue weighted by atomic mass is 9.72. The first-order valence-electron chi connectivity index (χ1n) is 11.8. The molecular weight excluding hydrogens is 544 g/mol. The van der Waals surface area contributed by atoms with Crippen LogP contribution < -0.4 is 20.6 Å². The van der Waals surface area contributed by atoms with Gasteiger partial charge in [-0.3, -0.25) is 14.2 Å². The third kappa shape index (κ3) is 5.44. The quantitative estimate of drug-likeness (QED) is 0.128. The Kier molecular flexibility index (Phi) is 7.13. The fourth-order valence-electron chi connectivity index (χ4n) is 4.28. The van der Waals surface area contributed by atoms with Gasteiger partial charge in [0.1, 0.15) is 11.8 Å². The van der Waals surface area contributed by atoms with Crippen LogP contribution in [0.4, 0.5) is 0 Å². The second-order valence-corrected chi connectivity index (χ2v) is 10.5. The molecule has 4 aromatic rings. The maximum Gasteiger partial charge on any atom is 0.547 e. The van der Waals surface area contributed by atoms with Crippen molar-refractivity contribution in [3.8, 4) is 5.75 Å². The summed E-state index contributed by atoms with van der Waals surface area (Å²) < 4.78 is 18.4. The summed E-state index contributed by atoms with van der Waals surface area (Å²) in [4.78, 5) is 61.1. The van der Waals surface area contributed by atoms with Crippen LogP contribution in [0.1, 0.15) is 37.9 Å². The Hall–Kier alpha value is -4.56. The van der Waals surface area contributed by atoms with Crippen LogP contribution in [0.25, 0.3) is 5.65 Å². The van der Waals surface area contributed by atoms with E-state index in [0.717, 1.165) is 12.1 Å². The van der Waals surface area contributed by atoms with Crippen molar-refractivity contribution in [1.29, 1.82) is 0 Å². The first-order chi connectivity index (χ1) is 19.0. The summed E-state index contributed by atoms with van der Waals surface area (Å²) in [6, 6.07) is 9.57. The Bertz CT molecular complexity index is 1670. The summed E-state index contributed by atoms with van der Waals surface area (Å²) in [6.07, 6.45) is 4.24. The van der Waals surface area contributed by atoms with Crippen molar-refractivity contribution in [2.24, 2.45) is 0 Å². The molecule has 5 rings (SSSR count). The molecule has 3 heterocycles. The maximum absolute atomic E-state index is 13.5. The molecular formula is C24H21BN5O9P. The van der Waals surface area contributed by atoms with E-state index in [9.17, 15) is 38.9 Å². The van der Waals surface area contributed by atoms with Crippen LogP contribution in [0.3, 0.4) is 0 Å². The van der Waals surface area contributed by atoms with Gasteiger partial charge in [0.25, 0.3) is 5.91 Å². The largest absolute Gasteiger partial charge is 0.547 e. The molecule has 2 aromatic carbocycles. The van der Waals surface area contributed by atoms with Gasteiger partial charge in [-0.1, -0.05) is 24.3 Å². The molecule has 6 N–H and O–H groups in total. The number of nitrogens with zero attached hydrogens (tertiary/aromatic N) is 3. The minimum absolute atomic E-state index is 0.00705. The highest BCUT2D eigenvalue weighted by Crippen LogP contribution is 2.33. The van der Waals surface area contributed by atoms with Crippen LogP contribution in [-0.4, -0.2) is 65.4 Å². The Morgan fingerprint density at radius 3 is 2.58 bits per heavy atom. The highest BCUT2D eigenvalue weighted by molar-refractivity contribution is 7.60. The lowest BCUT2D eigenvalue weighted by Crippen LogP contribution is -2.55. The predicted molar refractivity (Wildman–Crippen MR) is 139 cm³/mol. The van der Waals surface area contributed by atoms with E-state index >= 15 is 0 Å². The maximum atomic E-state index is 13.5. The second-order valence-electron chi connectivity index (χ2n) is 8.95. The van der Waals surface area contributed by atoms with Crippen LogP contribution >= 0.6 is 7.60 Å². The van der Waals surface area contributed by atoms with Crippen LogP contribution in [-0.2, 0) is 15.8 Å². The van der Waals surface area contributed by atoms with Gasteiger partial charge in [-0.05, 0) is 35.7 Å². The molecule has 16 heteroatoms. The minimum atomic E-state index is -4.56. The van der Waals surface area contributed by atoms with E-state index in [1.54, 1.807) is 12.1 Å². The molecule has 0 bridgehead atoms. The van der Waals surface area contributed by atoms with Gasteiger partial charge >= 0.3 is 20.7 Å². The zero-order chi connectivity index (χ0) is 28.6. The number of carboxylic acid groups (broad SMARTS) is 1. The average Bonchev–Trinajstić information content (AvgIpc) is 3.39. The van der Waals surface area contributed by atoms with E-state index in [2.05, 4.69) is 20.7 Å². The number of para-hydroxylation sites is 1. The summed E-state index contributed by atoms with van der Waals surface area (Å²) in [6.45, 7) is 0. The molecule has 0 radical (unpaired) electrons. The molecule has 0 saturated carbocycles. The van der Waals surface area contributed by atoms with Gasteiger partial charge in [0, 0.05) is 18.5 Å². The van der Waals surface area contributed by atoms with E-state index in [0.29, 0.717) is 11.2 Å². The van der Waals surface area contributed by atoms with Crippen molar-refractivity contribution < 1.29 is 43.5 Å².